The molecule has 1 aliphatic rings. The Balaban J connectivity index is 0.00000112. The molecule has 0 saturated carbocycles. The summed E-state index contributed by atoms with van der Waals surface area (Å²) in [5.74, 6) is 0. The third-order valence-corrected chi connectivity index (χ3v) is 2.69. The topological polar surface area (TPSA) is 41.1 Å². The van der Waals surface area contributed by atoms with Crippen LogP contribution in [0.4, 0.5) is 0 Å². The summed E-state index contributed by atoms with van der Waals surface area (Å²) in [4.78, 5) is 10.7. The van der Waals surface area contributed by atoms with Crippen molar-refractivity contribution in [2.45, 2.75) is 19.0 Å². The van der Waals surface area contributed by atoms with Crippen LogP contribution in [-0.4, -0.2) is 41.0 Å². The molecule has 0 radical (unpaired) electrons. The van der Waals surface area contributed by atoms with Crippen molar-refractivity contribution in [2.24, 2.45) is 0 Å². The zero-order valence-corrected chi connectivity index (χ0v) is 9.70. The first-order chi connectivity index (χ1) is 6.86. The third-order valence-electron chi connectivity index (χ3n) is 2.69. The summed E-state index contributed by atoms with van der Waals surface area (Å²) in [7, 11) is 2.15. The van der Waals surface area contributed by atoms with E-state index >= 15 is 0 Å². The maximum Gasteiger partial charge on any atom is 0.0726 e. The van der Waals surface area contributed by atoms with Crippen molar-refractivity contribution in [3.63, 3.8) is 0 Å². The zero-order chi connectivity index (χ0) is 9.80. The Morgan fingerprint density at radius 3 is 3.00 bits per heavy atom. The van der Waals surface area contributed by atoms with Crippen LogP contribution in [0.5, 0.6) is 0 Å². The Bertz CT molecular complexity index is 274. The van der Waals surface area contributed by atoms with Crippen molar-refractivity contribution in [1.82, 2.24) is 20.2 Å². The van der Waals surface area contributed by atoms with Gasteiger partial charge in [-0.2, -0.15) is 0 Å². The fraction of sp³-hybridized carbons (Fsp3) is 0.600. The first-order valence-corrected chi connectivity index (χ1v) is 5.02. The highest BCUT2D eigenvalue weighted by Gasteiger charge is 2.19. The quantitative estimate of drug-likeness (QED) is 0.827. The number of likely N-dealkylation sites (N-methyl/N-ethyl adjacent to an activating group) is 1. The number of hydrogen-bond acceptors (Lipinski definition) is 4. The number of nitrogens with one attached hydrogen (secondary N) is 1. The molecule has 0 amide bonds. The molecule has 2 heterocycles. The molecule has 4 nitrogen and oxygen atoms in total. The average Bonchev–Trinajstić information content (AvgIpc) is 2.72. The van der Waals surface area contributed by atoms with Crippen LogP contribution in [0.1, 0.15) is 12.1 Å². The van der Waals surface area contributed by atoms with Gasteiger partial charge in [0.2, 0.25) is 0 Å². The molecule has 84 valence electrons. The lowest BCUT2D eigenvalue weighted by Crippen LogP contribution is -2.33. The van der Waals surface area contributed by atoms with Crippen LogP contribution in [0, 0.1) is 0 Å². The number of hydrogen-bond donors (Lipinski definition) is 1. The van der Waals surface area contributed by atoms with Gasteiger partial charge in [0.25, 0.3) is 0 Å². The van der Waals surface area contributed by atoms with Crippen LogP contribution in [0.3, 0.4) is 0 Å². The predicted octanol–water partition coefficient (Wildman–Crippen LogP) is 0.692. The van der Waals surface area contributed by atoms with Crippen LogP contribution >= 0.6 is 12.4 Å². The van der Waals surface area contributed by atoms with E-state index in [2.05, 4.69) is 27.2 Å². The van der Waals surface area contributed by atoms with E-state index in [9.17, 15) is 0 Å². The minimum atomic E-state index is 0. The van der Waals surface area contributed by atoms with Gasteiger partial charge in [0.1, 0.15) is 0 Å². The zero-order valence-electron chi connectivity index (χ0n) is 8.89. The fourth-order valence-electron chi connectivity index (χ4n) is 1.81. The second-order valence-electron chi connectivity index (χ2n) is 3.76. The number of aromatic nitrogens is 2. The van der Waals surface area contributed by atoms with Gasteiger partial charge in [-0.3, -0.25) is 14.9 Å². The molecule has 0 spiro atoms. The van der Waals surface area contributed by atoms with E-state index in [0.717, 1.165) is 25.3 Å². The Hall–Kier alpha value is -0.710. The third kappa shape index (κ3) is 3.41. The molecule has 1 N–H and O–H groups in total. The van der Waals surface area contributed by atoms with Crippen molar-refractivity contribution in [2.75, 3.05) is 20.1 Å². The standard InChI is InChI=1S/C10H16N4.ClH/c1-14(10-2-3-11-7-10)8-9-6-12-4-5-13-9;/h4-6,10-11H,2-3,7-8H2,1H3;1H/t10-;/m0./s1. The Kier molecular flexibility index (Phi) is 4.94. The monoisotopic (exact) mass is 228 g/mol. The van der Waals surface area contributed by atoms with Gasteiger partial charge in [-0.15, -0.1) is 12.4 Å². The van der Waals surface area contributed by atoms with Gasteiger partial charge in [-0.1, -0.05) is 0 Å². The highest BCUT2D eigenvalue weighted by molar-refractivity contribution is 5.85. The van der Waals surface area contributed by atoms with E-state index in [0.29, 0.717) is 6.04 Å². The van der Waals surface area contributed by atoms with Gasteiger partial charge in [-0.05, 0) is 20.0 Å². The summed E-state index contributed by atoms with van der Waals surface area (Å²) in [6, 6.07) is 0.650. The van der Waals surface area contributed by atoms with E-state index < -0.39 is 0 Å². The number of halogens is 1. The minimum absolute atomic E-state index is 0. The van der Waals surface area contributed by atoms with Gasteiger partial charge < -0.3 is 5.32 Å². The van der Waals surface area contributed by atoms with Crippen molar-refractivity contribution in [3.05, 3.63) is 24.3 Å². The van der Waals surface area contributed by atoms with Gasteiger partial charge in [0.05, 0.1) is 5.69 Å². The second-order valence-corrected chi connectivity index (χ2v) is 3.76. The lowest BCUT2D eigenvalue weighted by atomic mass is 10.2. The molecular formula is C10H17ClN4. The van der Waals surface area contributed by atoms with Crippen LogP contribution in [0.25, 0.3) is 0 Å². The molecular weight excluding hydrogens is 212 g/mol. The molecule has 2 rings (SSSR count). The summed E-state index contributed by atoms with van der Waals surface area (Å²) < 4.78 is 0. The summed E-state index contributed by atoms with van der Waals surface area (Å²) >= 11 is 0. The number of rotatable bonds is 3. The molecule has 1 fully saturated rings. The van der Waals surface area contributed by atoms with E-state index in [1.54, 1.807) is 12.4 Å². The van der Waals surface area contributed by atoms with Gasteiger partial charge in [0.15, 0.2) is 0 Å². The van der Waals surface area contributed by atoms with Gasteiger partial charge in [0, 0.05) is 37.7 Å². The van der Waals surface area contributed by atoms with Gasteiger partial charge >= 0.3 is 0 Å². The van der Waals surface area contributed by atoms with Crippen LogP contribution in [-0.2, 0) is 6.54 Å². The lowest BCUT2D eigenvalue weighted by molar-refractivity contribution is 0.246. The maximum atomic E-state index is 4.27. The molecule has 1 atom stereocenters. The smallest absolute Gasteiger partial charge is 0.0726 e. The summed E-state index contributed by atoms with van der Waals surface area (Å²) in [6.07, 6.45) is 6.52. The van der Waals surface area contributed by atoms with Crippen LogP contribution in [0.2, 0.25) is 0 Å². The van der Waals surface area contributed by atoms with Crippen molar-refractivity contribution in [1.29, 1.82) is 0 Å². The second kappa shape index (κ2) is 6.00. The minimum Gasteiger partial charge on any atom is -0.315 e. The van der Waals surface area contributed by atoms with E-state index in [1.165, 1.54) is 6.42 Å². The molecule has 0 aliphatic carbocycles. The van der Waals surface area contributed by atoms with Crippen LogP contribution < -0.4 is 5.32 Å². The first-order valence-electron chi connectivity index (χ1n) is 5.02. The normalized spacial score (nSPS) is 20.3. The van der Waals surface area contributed by atoms with Crippen molar-refractivity contribution >= 4 is 12.4 Å². The average molecular weight is 229 g/mol. The fourth-order valence-corrected chi connectivity index (χ4v) is 1.81. The van der Waals surface area contributed by atoms with Gasteiger partial charge in [-0.25, -0.2) is 0 Å². The Labute approximate surface area is 96.5 Å². The molecule has 1 aliphatic heterocycles. The van der Waals surface area contributed by atoms with E-state index in [1.807, 2.05) is 6.20 Å². The molecule has 0 aromatic carbocycles. The molecule has 0 unspecified atom stereocenters. The highest BCUT2D eigenvalue weighted by atomic mass is 35.5. The Morgan fingerprint density at radius 1 is 1.53 bits per heavy atom. The van der Waals surface area contributed by atoms with Crippen LogP contribution in [0.15, 0.2) is 18.6 Å². The maximum absolute atomic E-state index is 4.27. The summed E-state index contributed by atoms with van der Waals surface area (Å²) in [5.41, 5.74) is 1.04. The molecule has 0 bridgehead atoms. The lowest BCUT2D eigenvalue weighted by Gasteiger charge is -2.22. The summed E-state index contributed by atoms with van der Waals surface area (Å²) in [5, 5.41) is 3.36. The van der Waals surface area contributed by atoms with Crippen molar-refractivity contribution in [3.8, 4) is 0 Å². The highest BCUT2D eigenvalue weighted by Crippen LogP contribution is 2.08. The SMILES string of the molecule is CN(Cc1cnccn1)[C@H]1CCNC1.Cl. The number of nitrogens with zero attached hydrogens (tertiary/aromatic N) is 3. The molecule has 15 heavy (non-hydrogen) atoms. The van der Waals surface area contributed by atoms with Crippen molar-refractivity contribution < 1.29 is 0 Å². The predicted molar refractivity (Wildman–Crippen MR) is 62.0 cm³/mol. The molecule has 1 saturated heterocycles. The van der Waals surface area contributed by atoms with E-state index in [-0.39, 0.29) is 12.4 Å². The molecule has 5 heteroatoms. The van der Waals surface area contributed by atoms with E-state index in [4.69, 9.17) is 0 Å². The Morgan fingerprint density at radius 2 is 2.40 bits per heavy atom. The molecule has 1 aromatic rings. The summed E-state index contributed by atoms with van der Waals surface area (Å²) in [6.45, 7) is 3.12. The molecule has 1 aromatic heterocycles. The first kappa shape index (κ1) is 12.4. The largest absolute Gasteiger partial charge is 0.315 e.